The number of fused-ring (bicyclic) bond motifs is 1. The predicted octanol–water partition coefficient (Wildman–Crippen LogP) is 5.02. The first-order valence-corrected chi connectivity index (χ1v) is 12.6. The fourth-order valence-corrected chi connectivity index (χ4v) is 4.83. The average Bonchev–Trinajstić information content (AvgIpc) is 3.21. The molecule has 0 spiro atoms. The van der Waals surface area contributed by atoms with Gasteiger partial charge in [-0.05, 0) is 45.4 Å². The van der Waals surface area contributed by atoms with Gasteiger partial charge < -0.3 is 19.3 Å². The van der Waals surface area contributed by atoms with Crippen LogP contribution in [0.3, 0.4) is 0 Å². The van der Waals surface area contributed by atoms with Crippen LogP contribution in [0.25, 0.3) is 10.9 Å². The van der Waals surface area contributed by atoms with Crippen molar-refractivity contribution in [1.82, 2.24) is 19.3 Å². The summed E-state index contributed by atoms with van der Waals surface area (Å²) in [6.07, 6.45) is 0. The number of hydrogen-bond acceptors (Lipinski definition) is 3. The summed E-state index contributed by atoms with van der Waals surface area (Å²) in [6.45, 7) is 3.08. The van der Waals surface area contributed by atoms with Crippen LogP contribution in [0.2, 0.25) is 0 Å². The average molecular weight is 483 g/mol. The zero-order chi connectivity index (χ0) is 25.7. The Morgan fingerprint density at radius 3 is 1.78 bits per heavy atom. The second-order valence-electron chi connectivity index (χ2n) is 10.0. The first-order valence-electron chi connectivity index (χ1n) is 12.6. The number of benzene rings is 3. The topological polar surface area (TPSA) is 31.7 Å². The van der Waals surface area contributed by atoms with Gasteiger partial charge in [-0.15, -0.1) is 0 Å². The zero-order valence-electron chi connectivity index (χ0n) is 22.2. The number of rotatable bonds is 10. The van der Waals surface area contributed by atoms with E-state index < -0.39 is 0 Å². The normalized spacial score (nSPS) is 11.7. The maximum absolute atomic E-state index is 14.3. The molecule has 0 bridgehead atoms. The molecule has 1 heterocycles. The molecule has 0 saturated carbocycles. The minimum atomic E-state index is -0.0564. The smallest absolute Gasteiger partial charge is 0.270 e. The molecular formula is C31H38N4O. The van der Waals surface area contributed by atoms with Gasteiger partial charge >= 0.3 is 0 Å². The third-order valence-corrected chi connectivity index (χ3v) is 6.77. The molecule has 0 saturated heterocycles. The van der Waals surface area contributed by atoms with Crippen LogP contribution in [0.15, 0.2) is 84.9 Å². The third-order valence-electron chi connectivity index (χ3n) is 6.77. The molecule has 0 atom stereocenters. The van der Waals surface area contributed by atoms with Gasteiger partial charge in [0.15, 0.2) is 0 Å². The Labute approximate surface area is 215 Å². The van der Waals surface area contributed by atoms with E-state index in [1.165, 1.54) is 11.1 Å². The van der Waals surface area contributed by atoms with Crippen molar-refractivity contribution in [2.45, 2.75) is 12.5 Å². The fraction of sp³-hybridized carbons (Fsp3) is 0.323. The number of amides is 1. The lowest BCUT2D eigenvalue weighted by Gasteiger charge is -2.25. The van der Waals surface area contributed by atoms with Gasteiger partial charge in [0.2, 0.25) is 0 Å². The van der Waals surface area contributed by atoms with Gasteiger partial charge in [0, 0.05) is 55.6 Å². The molecule has 3 aromatic carbocycles. The van der Waals surface area contributed by atoms with Gasteiger partial charge in [-0.25, -0.2) is 0 Å². The first kappa shape index (κ1) is 25.7. The Hall–Kier alpha value is -3.41. The van der Waals surface area contributed by atoms with Crippen molar-refractivity contribution >= 4 is 16.8 Å². The summed E-state index contributed by atoms with van der Waals surface area (Å²) >= 11 is 0. The Morgan fingerprint density at radius 2 is 1.22 bits per heavy atom. The Kier molecular flexibility index (Phi) is 8.24. The quantitative estimate of drug-likeness (QED) is 0.318. The highest BCUT2D eigenvalue weighted by Gasteiger charge is 2.31. The van der Waals surface area contributed by atoms with Gasteiger partial charge in [0.05, 0.1) is 0 Å². The maximum Gasteiger partial charge on any atom is 0.270 e. The molecule has 0 aliphatic rings. The van der Waals surface area contributed by atoms with Crippen LogP contribution in [0.1, 0.15) is 33.1 Å². The van der Waals surface area contributed by atoms with Gasteiger partial charge in [0.25, 0.3) is 5.91 Å². The highest BCUT2D eigenvalue weighted by atomic mass is 16.2. The molecule has 36 heavy (non-hydrogen) atoms. The summed E-state index contributed by atoms with van der Waals surface area (Å²) in [5.41, 5.74) is 5.35. The number of aromatic nitrogens is 1. The lowest BCUT2D eigenvalue weighted by molar-refractivity contribution is 0.0774. The van der Waals surface area contributed by atoms with E-state index in [-0.39, 0.29) is 11.8 Å². The Bertz CT molecular complexity index is 1240. The minimum Gasteiger partial charge on any atom is -0.339 e. The van der Waals surface area contributed by atoms with Crippen LogP contribution < -0.4 is 0 Å². The largest absolute Gasteiger partial charge is 0.339 e. The number of hydrogen-bond donors (Lipinski definition) is 0. The molecule has 0 fully saturated rings. The molecule has 0 unspecified atom stereocenters. The number of carbonyl (C=O) groups is 1. The third kappa shape index (κ3) is 5.53. The van der Waals surface area contributed by atoms with Gasteiger partial charge in [0.1, 0.15) is 5.69 Å². The summed E-state index contributed by atoms with van der Waals surface area (Å²) in [5, 5.41) is 1.14. The van der Waals surface area contributed by atoms with E-state index in [0.29, 0.717) is 6.54 Å². The zero-order valence-corrected chi connectivity index (χ0v) is 22.2. The SMILES string of the molecule is CN(C)CCN(C)C(=O)c1c(C(c2ccccc2)c2ccccc2)c2ccccc2n1CCN(C)C. The van der Waals surface area contributed by atoms with E-state index in [1.54, 1.807) is 0 Å². The lowest BCUT2D eigenvalue weighted by Crippen LogP contribution is -2.35. The molecular weight excluding hydrogens is 444 g/mol. The summed E-state index contributed by atoms with van der Waals surface area (Å²) in [4.78, 5) is 20.4. The molecule has 1 aromatic heterocycles. The molecule has 0 aliphatic heterocycles. The van der Waals surface area contributed by atoms with Crippen molar-refractivity contribution < 1.29 is 4.79 Å². The number of para-hydroxylation sites is 1. The lowest BCUT2D eigenvalue weighted by atomic mass is 9.83. The van der Waals surface area contributed by atoms with E-state index in [4.69, 9.17) is 0 Å². The molecule has 188 valence electrons. The molecule has 5 heteroatoms. The van der Waals surface area contributed by atoms with Crippen molar-refractivity contribution in [3.05, 3.63) is 107 Å². The van der Waals surface area contributed by atoms with E-state index >= 15 is 0 Å². The van der Waals surface area contributed by atoms with E-state index in [9.17, 15) is 4.79 Å². The monoisotopic (exact) mass is 482 g/mol. The molecule has 4 aromatic rings. The summed E-state index contributed by atoms with van der Waals surface area (Å²) in [6, 6.07) is 29.6. The highest BCUT2D eigenvalue weighted by molar-refractivity contribution is 6.02. The van der Waals surface area contributed by atoms with Crippen molar-refractivity contribution in [3.8, 4) is 0 Å². The van der Waals surface area contributed by atoms with Crippen molar-refractivity contribution in [2.24, 2.45) is 0 Å². The molecule has 0 aliphatic carbocycles. The number of carbonyl (C=O) groups excluding carboxylic acids is 1. The Morgan fingerprint density at radius 1 is 0.694 bits per heavy atom. The van der Waals surface area contributed by atoms with Gasteiger partial charge in [-0.3, -0.25) is 4.79 Å². The minimum absolute atomic E-state index is 0.0564. The number of likely N-dealkylation sites (N-methyl/N-ethyl adjacent to an activating group) is 3. The fourth-order valence-electron chi connectivity index (χ4n) is 4.83. The van der Waals surface area contributed by atoms with Gasteiger partial charge in [-0.2, -0.15) is 0 Å². The molecule has 5 nitrogen and oxygen atoms in total. The van der Waals surface area contributed by atoms with Crippen LogP contribution in [-0.2, 0) is 6.54 Å². The maximum atomic E-state index is 14.3. The van der Waals surface area contributed by atoms with Gasteiger partial charge in [-0.1, -0.05) is 78.9 Å². The van der Waals surface area contributed by atoms with Crippen LogP contribution >= 0.6 is 0 Å². The second-order valence-corrected chi connectivity index (χ2v) is 10.0. The molecule has 1 amide bonds. The van der Waals surface area contributed by atoms with E-state index in [1.807, 2.05) is 38.2 Å². The van der Waals surface area contributed by atoms with Crippen LogP contribution in [-0.4, -0.2) is 80.0 Å². The Balaban J connectivity index is 1.99. The summed E-state index contributed by atoms with van der Waals surface area (Å²) in [5.74, 6) is 0.0118. The van der Waals surface area contributed by atoms with Crippen LogP contribution in [0, 0.1) is 0 Å². The molecule has 0 radical (unpaired) electrons. The van der Waals surface area contributed by atoms with Crippen molar-refractivity contribution in [2.75, 3.05) is 54.9 Å². The highest BCUT2D eigenvalue weighted by Crippen LogP contribution is 2.40. The number of nitrogens with zero attached hydrogens (tertiary/aromatic N) is 4. The summed E-state index contributed by atoms with van der Waals surface area (Å²) < 4.78 is 2.25. The molecule has 0 N–H and O–H groups in total. The second kappa shape index (κ2) is 11.5. The van der Waals surface area contributed by atoms with Crippen molar-refractivity contribution in [3.63, 3.8) is 0 Å². The van der Waals surface area contributed by atoms with Crippen molar-refractivity contribution in [1.29, 1.82) is 0 Å². The van der Waals surface area contributed by atoms with E-state index in [2.05, 4.69) is 101 Å². The van der Waals surface area contributed by atoms with Crippen LogP contribution in [0.4, 0.5) is 0 Å². The standard InChI is InChI=1S/C31H38N4O/c1-32(2)20-22-34(5)31(36)30-29(26-18-12-13-19-27(26)35(30)23-21-33(3)4)28(24-14-8-6-9-15-24)25-16-10-7-11-17-25/h6-19,28H,20-23H2,1-5H3. The predicted molar refractivity (Wildman–Crippen MR) is 150 cm³/mol. The summed E-state index contributed by atoms with van der Waals surface area (Å²) in [7, 11) is 10.2. The van der Waals surface area contributed by atoms with Crippen LogP contribution in [0.5, 0.6) is 0 Å². The first-order chi connectivity index (χ1) is 17.4. The molecule has 4 rings (SSSR count). The van der Waals surface area contributed by atoms with E-state index in [0.717, 1.165) is 41.8 Å².